The lowest BCUT2D eigenvalue weighted by Crippen LogP contribution is -2.47. The molecular weight excluding hydrogens is 370 g/mol. The first-order valence-electron chi connectivity index (χ1n) is 12.6. The van der Waals surface area contributed by atoms with Crippen LogP contribution in [-0.2, 0) is 9.47 Å². The third-order valence-electron chi connectivity index (χ3n) is 8.49. The molecule has 4 atom stereocenters. The van der Waals surface area contributed by atoms with Gasteiger partial charge in [0.2, 0.25) is 0 Å². The number of halogens is 2. The van der Waals surface area contributed by atoms with E-state index in [0.717, 1.165) is 23.7 Å². The molecule has 0 bridgehead atoms. The van der Waals surface area contributed by atoms with Crippen LogP contribution in [-0.4, -0.2) is 37.8 Å². The van der Waals surface area contributed by atoms with E-state index in [2.05, 4.69) is 0 Å². The number of alkyl halides is 2. The second kappa shape index (κ2) is 10.4. The van der Waals surface area contributed by atoms with E-state index >= 15 is 0 Å². The van der Waals surface area contributed by atoms with Crippen molar-refractivity contribution in [1.29, 1.82) is 0 Å². The SMILES string of the molecule is CCOC1CCC(OCC2CCC(C3CCC(CC4CC4)CC3)CC2)C(F)C1F. The minimum absolute atomic E-state index is 0.439. The summed E-state index contributed by atoms with van der Waals surface area (Å²) < 4.78 is 39.9. The molecule has 0 aromatic rings. The van der Waals surface area contributed by atoms with Crippen LogP contribution in [0.2, 0.25) is 0 Å². The van der Waals surface area contributed by atoms with Gasteiger partial charge in [0.05, 0.1) is 12.2 Å². The summed E-state index contributed by atoms with van der Waals surface area (Å²) in [6.45, 7) is 2.88. The number of hydrogen-bond acceptors (Lipinski definition) is 2. The average molecular weight is 413 g/mol. The van der Waals surface area contributed by atoms with Gasteiger partial charge in [0.15, 0.2) is 12.3 Å². The van der Waals surface area contributed by atoms with Gasteiger partial charge in [0.1, 0.15) is 0 Å². The molecule has 0 heterocycles. The van der Waals surface area contributed by atoms with E-state index in [-0.39, 0.29) is 0 Å². The van der Waals surface area contributed by atoms with Crippen molar-refractivity contribution in [2.45, 2.75) is 115 Å². The standard InChI is InChI=1S/C25H42F2O2/c1-2-28-22-13-14-23(25(27)24(22)26)29-16-19-7-11-21(12-8-19)20-9-5-18(6-10-20)15-17-3-4-17/h17-25H,2-16H2,1H3. The van der Waals surface area contributed by atoms with E-state index in [4.69, 9.17) is 9.47 Å². The highest BCUT2D eigenvalue weighted by atomic mass is 19.2. The lowest BCUT2D eigenvalue weighted by atomic mass is 9.68. The topological polar surface area (TPSA) is 18.5 Å². The van der Waals surface area contributed by atoms with Gasteiger partial charge >= 0.3 is 0 Å². The highest BCUT2D eigenvalue weighted by Gasteiger charge is 2.42. The molecule has 168 valence electrons. The van der Waals surface area contributed by atoms with Crippen LogP contribution in [0.25, 0.3) is 0 Å². The molecular formula is C25H42F2O2. The fourth-order valence-electron chi connectivity index (χ4n) is 6.43. The fourth-order valence-corrected chi connectivity index (χ4v) is 6.43. The van der Waals surface area contributed by atoms with Gasteiger partial charge in [0, 0.05) is 13.2 Å². The molecule has 4 fully saturated rings. The summed E-state index contributed by atoms with van der Waals surface area (Å²) in [6.07, 6.45) is 12.3. The molecule has 0 N–H and O–H groups in total. The van der Waals surface area contributed by atoms with Gasteiger partial charge in [0.25, 0.3) is 0 Å². The Morgan fingerprint density at radius 2 is 1.03 bits per heavy atom. The first-order valence-corrected chi connectivity index (χ1v) is 12.6. The Morgan fingerprint density at radius 3 is 1.52 bits per heavy atom. The molecule has 0 radical (unpaired) electrons. The average Bonchev–Trinajstić information content (AvgIpc) is 3.56. The molecule has 0 saturated heterocycles. The summed E-state index contributed by atoms with van der Waals surface area (Å²) in [4.78, 5) is 0. The van der Waals surface area contributed by atoms with Crippen molar-refractivity contribution in [3.63, 3.8) is 0 Å². The maximum Gasteiger partial charge on any atom is 0.160 e. The van der Waals surface area contributed by atoms with Gasteiger partial charge in [-0.15, -0.1) is 0 Å². The van der Waals surface area contributed by atoms with Crippen LogP contribution < -0.4 is 0 Å². The van der Waals surface area contributed by atoms with E-state index in [9.17, 15) is 8.78 Å². The minimum Gasteiger partial charge on any atom is -0.375 e. The van der Waals surface area contributed by atoms with Crippen LogP contribution in [0.15, 0.2) is 0 Å². The summed E-state index contributed by atoms with van der Waals surface area (Å²) in [7, 11) is 0. The lowest BCUT2D eigenvalue weighted by Gasteiger charge is -2.39. The van der Waals surface area contributed by atoms with Crippen LogP contribution in [0.5, 0.6) is 0 Å². The zero-order chi connectivity index (χ0) is 20.2. The van der Waals surface area contributed by atoms with Crippen LogP contribution in [0.4, 0.5) is 8.78 Å². The van der Waals surface area contributed by atoms with Crippen molar-refractivity contribution in [2.75, 3.05) is 13.2 Å². The van der Waals surface area contributed by atoms with Gasteiger partial charge in [-0.1, -0.05) is 25.7 Å². The normalized spacial score (nSPS) is 44.0. The van der Waals surface area contributed by atoms with Gasteiger partial charge in [-0.05, 0) is 94.3 Å². The first-order chi connectivity index (χ1) is 14.1. The summed E-state index contributed by atoms with van der Waals surface area (Å²) in [5.41, 5.74) is 0. The van der Waals surface area contributed by atoms with Crippen molar-refractivity contribution in [3.05, 3.63) is 0 Å². The number of ether oxygens (including phenoxy) is 2. The largest absolute Gasteiger partial charge is 0.375 e. The Kier molecular flexibility index (Phi) is 7.88. The Labute approximate surface area is 176 Å². The molecule has 4 rings (SSSR count). The number of rotatable bonds is 8. The van der Waals surface area contributed by atoms with E-state index in [0.29, 0.717) is 32.0 Å². The molecule has 0 aromatic heterocycles. The zero-order valence-electron chi connectivity index (χ0n) is 18.4. The van der Waals surface area contributed by atoms with Crippen LogP contribution in [0.1, 0.15) is 90.4 Å². The maximum absolute atomic E-state index is 14.4. The predicted octanol–water partition coefficient (Wildman–Crippen LogP) is 6.66. The molecule has 29 heavy (non-hydrogen) atoms. The molecule has 4 heteroatoms. The van der Waals surface area contributed by atoms with Crippen molar-refractivity contribution >= 4 is 0 Å². The van der Waals surface area contributed by atoms with Crippen LogP contribution >= 0.6 is 0 Å². The molecule has 4 unspecified atom stereocenters. The predicted molar refractivity (Wildman–Crippen MR) is 112 cm³/mol. The maximum atomic E-state index is 14.4. The molecule has 4 aliphatic carbocycles. The van der Waals surface area contributed by atoms with E-state index in [1.807, 2.05) is 6.92 Å². The van der Waals surface area contributed by atoms with E-state index in [1.54, 1.807) is 0 Å². The third-order valence-corrected chi connectivity index (χ3v) is 8.49. The van der Waals surface area contributed by atoms with Crippen molar-refractivity contribution < 1.29 is 18.3 Å². The van der Waals surface area contributed by atoms with Crippen molar-refractivity contribution in [2.24, 2.45) is 29.6 Å². The summed E-state index contributed by atoms with van der Waals surface area (Å²) in [6, 6.07) is 0. The van der Waals surface area contributed by atoms with Crippen molar-refractivity contribution in [1.82, 2.24) is 0 Å². The van der Waals surface area contributed by atoms with Crippen LogP contribution in [0.3, 0.4) is 0 Å². The number of hydrogen-bond donors (Lipinski definition) is 0. The smallest absolute Gasteiger partial charge is 0.160 e. The van der Waals surface area contributed by atoms with E-state index < -0.39 is 24.6 Å². The first kappa shape index (κ1) is 22.0. The second-order valence-corrected chi connectivity index (χ2v) is 10.6. The van der Waals surface area contributed by atoms with Crippen LogP contribution in [0, 0.1) is 29.6 Å². The Bertz CT molecular complexity index is 481. The summed E-state index contributed by atoms with van der Waals surface area (Å²) in [5, 5.41) is 0. The highest BCUT2D eigenvalue weighted by Crippen LogP contribution is 2.45. The van der Waals surface area contributed by atoms with Gasteiger partial charge < -0.3 is 9.47 Å². The quantitative estimate of drug-likeness (QED) is 0.444. The van der Waals surface area contributed by atoms with Gasteiger partial charge in [-0.2, -0.15) is 0 Å². The van der Waals surface area contributed by atoms with Crippen molar-refractivity contribution in [3.8, 4) is 0 Å². The van der Waals surface area contributed by atoms with Gasteiger partial charge in [-0.25, -0.2) is 8.78 Å². The summed E-state index contributed by atoms with van der Waals surface area (Å²) >= 11 is 0. The van der Waals surface area contributed by atoms with Gasteiger partial charge in [-0.3, -0.25) is 0 Å². The minimum atomic E-state index is -1.54. The summed E-state index contributed by atoms with van der Waals surface area (Å²) in [5.74, 6) is 4.49. The lowest BCUT2D eigenvalue weighted by molar-refractivity contribution is -0.122. The third kappa shape index (κ3) is 5.93. The fraction of sp³-hybridized carbons (Fsp3) is 1.00. The Morgan fingerprint density at radius 1 is 0.586 bits per heavy atom. The molecule has 4 aliphatic rings. The van der Waals surface area contributed by atoms with E-state index in [1.165, 1.54) is 70.6 Å². The monoisotopic (exact) mass is 412 g/mol. The Hall–Kier alpha value is -0.220. The molecule has 0 amide bonds. The molecule has 2 nitrogen and oxygen atoms in total. The zero-order valence-corrected chi connectivity index (χ0v) is 18.4. The second-order valence-electron chi connectivity index (χ2n) is 10.6. The Balaban J connectivity index is 1.12. The molecule has 0 aromatic carbocycles. The highest BCUT2D eigenvalue weighted by molar-refractivity contribution is 4.90. The molecule has 0 aliphatic heterocycles. The molecule has 4 saturated carbocycles. The molecule has 0 spiro atoms.